The maximum atomic E-state index is 5.76. The van der Waals surface area contributed by atoms with E-state index >= 15 is 0 Å². The Morgan fingerprint density at radius 3 is 2.56 bits per heavy atom. The lowest BCUT2D eigenvalue weighted by Crippen LogP contribution is -2.19. The van der Waals surface area contributed by atoms with Crippen molar-refractivity contribution >= 4 is 15.9 Å². The van der Waals surface area contributed by atoms with Crippen molar-refractivity contribution in [1.29, 1.82) is 0 Å². The maximum absolute atomic E-state index is 5.76. The van der Waals surface area contributed by atoms with Crippen LogP contribution in [0.15, 0.2) is 10.7 Å². The van der Waals surface area contributed by atoms with Crippen LogP contribution in [0.25, 0.3) is 0 Å². The normalized spacial score (nSPS) is 12.9. The first kappa shape index (κ1) is 13.4. The Hall–Kier alpha value is -0.640. The van der Waals surface area contributed by atoms with Gasteiger partial charge in [-0.2, -0.15) is 4.98 Å². The number of halogens is 1. The highest BCUT2D eigenvalue weighted by atomic mass is 79.9. The van der Waals surface area contributed by atoms with Crippen molar-refractivity contribution in [2.45, 2.75) is 46.6 Å². The summed E-state index contributed by atoms with van der Waals surface area (Å²) in [4.78, 5) is 8.68. The minimum absolute atomic E-state index is 0.163. The summed E-state index contributed by atoms with van der Waals surface area (Å²) in [6.07, 6.45) is 2.08. The van der Waals surface area contributed by atoms with Gasteiger partial charge >= 0.3 is 0 Å². The summed E-state index contributed by atoms with van der Waals surface area (Å²) in [5.74, 6) is 1.97. The second-order valence-electron chi connectivity index (χ2n) is 4.26. The molecule has 0 N–H and O–H groups in total. The molecule has 0 bridgehead atoms. The van der Waals surface area contributed by atoms with Gasteiger partial charge in [-0.05, 0) is 35.2 Å². The van der Waals surface area contributed by atoms with Crippen LogP contribution in [-0.4, -0.2) is 16.1 Å². The van der Waals surface area contributed by atoms with Gasteiger partial charge in [0.1, 0.15) is 10.4 Å². The van der Waals surface area contributed by atoms with Gasteiger partial charge in [0.2, 0.25) is 5.88 Å². The van der Waals surface area contributed by atoms with Crippen LogP contribution in [0, 0.1) is 5.92 Å². The monoisotopic (exact) mass is 286 g/mol. The lowest BCUT2D eigenvalue weighted by atomic mass is 10.1. The highest BCUT2D eigenvalue weighted by Crippen LogP contribution is 2.18. The van der Waals surface area contributed by atoms with Crippen LogP contribution >= 0.6 is 15.9 Å². The Morgan fingerprint density at radius 1 is 1.31 bits per heavy atom. The maximum Gasteiger partial charge on any atom is 0.217 e. The smallest absolute Gasteiger partial charge is 0.217 e. The zero-order valence-electron chi connectivity index (χ0n) is 10.3. The van der Waals surface area contributed by atoms with Crippen LogP contribution in [0.3, 0.4) is 0 Å². The molecule has 1 atom stereocenters. The van der Waals surface area contributed by atoms with Crippen molar-refractivity contribution in [2.24, 2.45) is 5.92 Å². The van der Waals surface area contributed by atoms with E-state index in [1.54, 1.807) is 0 Å². The minimum atomic E-state index is 0.163. The average Bonchev–Trinajstić information content (AvgIpc) is 2.16. The molecule has 0 radical (unpaired) electrons. The van der Waals surface area contributed by atoms with Gasteiger partial charge in [0.05, 0.1) is 6.10 Å². The molecule has 3 nitrogen and oxygen atoms in total. The zero-order chi connectivity index (χ0) is 12.1. The molecule has 4 heteroatoms. The molecule has 1 aromatic rings. The number of aryl methyl sites for hydroxylation is 1. The molecule has 16 heavy (non-hydrogen) atoms. The largest absolute Gasteiger partial charge is 0.474 e. The van der Waals surface area contributed by atoms with Crippen molar-refractivity contribution in [3.05, 3.63) is 16.5 Å². The Morgan fingerprint density at radius 2 is 2.00 bits per heavy atom. The van der Waals surface area contributed by atoms with E-state index in [1.165, 1.54) is 0 Å². The first-order valence-corrected chi connectivity index (χ1v) is 6.52. The Labute approximate surface area is 106 Å². The van der Waals surface area contributed by atoms with Crippen molar-refractivity contribution in [2.75, 3.05) is 0 Å². The Balaban J connectivity index is 2.79. The summed E-state index contributed by atoms with van der Waals surface area (Å²) in [7, 11) is 0. The number of nitrogens with zero attached hydrogens (tertiary/aromatic N) is 2. The quantitative estimate of drug-likeness (QED) is 0.776. The molecule has 0 aromatic carbocycles. The van der Waals surface area contributed by atoms with Crippen LogP contribution in [0.1, 0.15) is 39.9 Å². The predicted molar refractivity (Wildman–Crippen MR) is 68.7 cm³/mol. The molecule has 1 heterocycles. The SMILES string of the molecule is CCCc1nc(Br)cc(OC(C)C(C)C)n1. The third-order valence-corrected chi connectivity index (χ3v) is 2.84. The van der Waals surface area contributed by atoms with Crippen molar-refractivity contribution in [3.8, 4) is 5.88 Å². The fourth-order valence-corrected chi connectivity index (χ4v) is 1.56. The topological polar surface area (TPSA) is 35.0 Å². The summed E-state index contributed by atoms with van der Waals surface area (Å²) in [6.45, 7) is 8.43. The molecule has 0 spiro atoms. The first-order valence-electron chi connectivity index (χ1n) is 5.73. The summed E-state index contributed by atoms with van der Waals surface area (Å²) in [5, 5.41) is 0. The number of rotatable bonds is 5. The van der Waals surface area contributed by atoms with Gasteiger partial charge < -0.3 is 4.74 Å². The fourth-order valence-electron chi connectivity index (χ4n) is 1.16. The van der Waals surface area contributed by atoms with Crippen LogP contribution < -0.4 is 4.74 Å². The summed E-state index contributed by atoms with van der Waals surface area (Å²) < 4.78 is 6.55. The van der Waals surface area contributed by atoms with Crippen molar-refractivity contribution in [3.63, 3.8) is 0 Å². The second kappa shape index (κ2) is 6.18. The molecule has 0 amide bonds. The molecule has 0 saturated heterocycles. The molecule has 0 aliphatic rings. The summed E-state index contributed by atoms with van der Waals surface area (Å²) >= 11 is 3.38. The van der Waals surface area contributed by atoms with E-state index < -0.39 is 0 Å². The van der Waals surface area contributed by atoms with Crippen molar-refractivity contribution < 1.29 is 4.74 Å². The van der Waals surface area contributed by atoms with E-state index in [2.05, 4.69) is 53.6 Å². The van der Waals surface area contributed by atoms with E-state index in [4.69, 9.17) is 4.74 Å². The third-order valence-electron chi connectivity index (χ3n) is 2.44. The molecule has 90 valence electrons. The predicted octanol–water partition coefficient (Wildman–Crippen LogP) is 3.61. The lowest BCUT2D eigenvalue weighted by Gasteiger charge is -2.17. The van der Waals surface area contributed by atoms with E-state index in [-0.39, 0.29) is 6.10 Å². The van der Waals surface area contributed by atoms with E-state index in [0.29, 0.717) is 11.8 Å². The second-order valence-corrected chi connectivity index (χ2v) is 5.07. The van der Waals surface area contributed by atoms with Gasteiger partial charge in [0, 0.05) is 12.5 Å². The van der Waals surface area contributed by atoms with Gasteiger partial charge in [-0.15, -0.1) is 0 Å². The minimum Gasteiger partial charge on any atom is -0.474 e. The van der Waals surface area contributed by atoms with Crippen LogP contribution in [0.4, 0.5) is 0 Å². The standard InChI is InChI=1S/C12H19BrN2O/c1-5-6-11-14-10(13)7-12(15-11)16-9(4)8(2)3/h7-9H,5-6H2,1-4H3. The molecular formula is C12H19BrN2O. The fraction of sp³-hybridized carbons (Fsp3) is 0.667. The molecule has 0 saturated carbocycles. The number of hydrogen-bond acceptors (Lipinski definition) is 3. The number of hydrogen-bond donors (Lipinski definition) is 0. The highest BCUT2D eigenvalue weighted by Gasteiger charge is 2.11. The van der Waals surface area contributed by atoms with Crippen molar-refractivity contribution in [1.82, 2.24) is 9.97 Å². The van der Waals surface area contributed by atoms with Gasteiger partial charge in [-0.1, -0.05) is 20.8 Å². The molecule has 0 aliphatic heterocycles. The van der Waals surface area contributed by atoms with Gasteiger partial charge in [-0.3, -0.25) is 0 Å². The Kier molecular flexibility index (Phi) is 5.19. The highest BCUT2D eigenvalue weighted by molar-refractivity contribution is 9.10. The van der Waals surface area contributed by atoms with Gasteiger partial charge in [0.25, 0.3) is 0 Å². The van der Waals surface area contributed by atoms with Gasteiger partial charge in [0.15, 0.2) is 0 Å². The lowest BCUT2D eigenvalue weighted by molar-refractivity contribution is 0.162. The molecule has 0 fully saturated rings. The molecule has 1 rings (SSSR count). The number of ether oxygens (including phenoxy) is 1. The molecule has 1 aromatic heterocycles. The van der Waals surface area contributed by atoms with Crippen LogP contribution in [0.2, 0.25) is 0 Å². The first-order chi connectivity index (χ1) is 7.52. The van der Waals surface area contributed by atoms with Gasteiger partial charge in [-0.25, -0.2) is 4.98 Å². The molecule has 0 aliphatic carbocycles. The summed E-state index contributed by atoms with van der Waals surface area (Å²) in [5.41, 5.74) is 0. The van der Waals surface area contributed by atoms with E-state index in [1.807, 2.05) is 6.07 Å². The molecular weight excluding hydrogens is 268 g/mol. The van der Waals surface area contributed by atoms with Crippen LogP contribution in [-0.2, 0) is 6.42 Å². The average molecular weight is 287 g/mol. The summed E-state index contributed by atoms with van der Waals surface area (Å²) in [6, 6.07) is 1.82. The molecule has 1 unspecified atom stereocenters. The Bertz CT molecular complexity index is 342. The third kappa shape index (κ3) is 4.08. The van der Waals surface area contributed by atoms with E-state index in [9.17, 15) is 0 Å². The number of aromatic nitrogens is 2. The van der Waals surface area contributed by atoms with Crippen LogP contribution in [0.5, 0.6) is 5.88 Å². The zero-order valence-corrected chi connectivity index (χ0v) is 11.9. The van der Waals surface area contributed by atoms with E-state index in [0.717, 1.165) is 23.3 Å².